The minimum atomic E-state index is -0.0798. The summed E-state index contributed by atoms with van der Waals surface area (Å²) in [4.78, 5) is 16.5. The molecule has 0 spiro atoms. The van der Waals surface area contributed by atoms with Gasteiger partial charge in [0.25, 0.3) is 5.91 Å². The fourth-order valence-corrected chi connectivity index (χ4v) is 2.63. The molecular weight excluding hydrogens is 292 g/mol. The van der Waals surface area contributed by atoms with Gasteiger partial charge in [-0.3, -0.25) is 4.79 Å². The lowest BCUT2D eigenvalue weighted by Crippen LogP contribution is -2.31. The third kappa shape index (κ3) is 3.87. The van der Waals surface area contributed by atoms with E-state index in [0.717, 1.165) is 30.6 Å². The quantitative estimate of drug-likeness (QED) is 0.922. The predicted octanol–water partition coefficient (Wildman–Crippen LogP) is 2.67. The molecule has 120 valence electrons. The van der Waals surface area contributed by atoms with E-state index in [-0.39, 0.29) is 12.0 Å². The average Bonchev–Trinajstić information content (AvgIpc) is 3.13. The van der Waals surface area contributed by atoms with Crippen LogP contribution < -0.4 is 10.1 Å². The number of ether oxygens (including phenoxy) is 2. The highest BCUT2D eigenvalue weighted by Gasteiger charge is 2.16. The van der Waals surface area contributed by atoms with E-state index in [0.29, 0.717) is 18.0 Å². The van der Waals surface area contributed by atoms with Crippen LogP contribution in [0.1, 0.15) is 23.2 Å². The lowest BCUT2D eigenvalue weighted by molar-refractivity contribution is 0.0858. The molecule has 1 unspecified atom stereocenters. The Bertz CT molecular complexity index is 664. The third-order valence-corrected chi connectivity index (χ3v) is 3.92. The SMILES string of the molecule is COc1ccc(-c2cccc(C(=O)NCC3CCCO3)c2)cn1. The minimum absolute atomic E-state index is 0.0798. The van der Waals surface area contributed by atoms with Gasteiger partial charge >= 0.3 is 0 Å². The zero-order valence-electron chi connectivity index (χ0n) is 13.1. The number of rotatable bonds is 5. The van der Waals surface area contributed by atoms with Crippen molar-refractivity contribution in [2.24, 2.45) is 0 Å². The number of nitrogens with one attached hydrogen (secondary N) is 1. The molecule has 0 saturated carbocycles. The summed E-state index contributed by atoms with van der Waals surface area (Å²) in [6.45, 7) is 1.35. The lowest BCUT2D eigenvalue weighted by atomic mass is 10.0. The molecule has 1 aromatic carbocycles. The number of carbonyl (C=O) groups is 1. The Kier molecular flexibility index (Phi) is 4.88. The maximum Gasteiger partial charge on any atom is 0.251 e. The van der Waals surface area contributed by atoms with Gasteiger partial charge < -0.3 is 14.8 Å². The van der Waals surface area contributed by atoms with Crippen molar-refractivity contribution in [3.63, 3.8) is 0 Å². The van der Waals surface area contributed by atoms with Gasteiger partial charge in [-0.05, 0) is 36.6 Å². The predicted molar refractivity (Wildman–Crippen MR) is 87.5 cm³/mol. The number of hydrogen-bond donors (Lipinski definition) is 1. The van der Waals surface area contributed by atoms with Gasteiger partial charge in [-0.1, -0.05) is 12.1 Å². The normalized spacial score (nSPS) is 17.0. The van der Waals surface area contributed by atoms with E-state index in [9.17, 15) is 4.79 Å². The minimum Gasteiger partial charge on any atom is -0.481 e. The van der Waals surface area contributed by atoms with Crippen LogP contribution in [0.15, 0.2) is 42.6 Å². The van der Waals surface area contributed by atoms with Crippen molar-refractivity contribution < 1.29 is 14.3 Å². The van der Waals surface area contributed by atoms with E-state index in [4.69, 9.17) is 9.47 Å². The molecule has 1 amide bonds. The van der Waals surface area contributed by atoms with E-state index >= 15 is 0 Å². The largest absolute Gasteiger partial charge is 0.481 e. The Hall–Kier alpha value is -2.40. The molecule has 1 N–H and O–H groups in total. The first-order valence-corrected chi connectivity index (χ1v) is 7.76. The van der Waals surface area contributed by atoms with Crippen molar-refractivity contribution in [3.8, 4) is 17.0 Å². The highest BCUT2D eigenvalue weighted by Crippen LogP contribution is 2.21. The Morgan fingerprint density at radius 2 is 2.26 bits per heavy atom. The van der Waals surface area contributed by atoms with Crippen molar-refractivity contribution in [1.29, 1.82) is 0 Å². The Morgan fingerprint density at radius 1 is 1.35 bits per heavy atom. The fourth-order valence-electron chi connectivity index (χ4n) is 2.63. The summed E-state index contributed by atoms with van der Waals surface area (Å²) >= 11 is 0. The smallest absolute Gasteiger partial charge is 0.251 e. The molecular formula is C18H20N2O3. The van der Waals surface area contributed by atoms with E-state index < -0.39 is 0 Å². The van der Waals surface area contributed by atoms with Gasteiger partial charge in [-0.2, -0.15) is 0 Å². The molecule has 23 heavy (non-hydrogen) atoms. The number of amides is 1. The molecule has 1 aliphatic heterocycles. The molecule has 2 heterocycles. The van der Waals surface area contributed by atoms with Crippen LogP contribution in [-0.2, 0) is 4.74 Å². The zero-order valence-corrected chi connectivity index (χ0v) is 13.1. The molecule has 3 rings (SSSR count). The summed E-state index contributed by atoms with van der Waals surface area (Å²) in [5, 5.41) is 2.94. The molecule has 1 aliphatic rings. The van der Waals surface area contributed by atoms with Crippen molar-refractivity contribution in [2.75, 3.05) is 20.3 Å². The molecule has 1 saturated heterocycles. The summed E-state index contributed by atoms with van der Waals surface area (Å²) in [5.74, 6) is 0.489. The molecule has 5 heteroatoms. The van der Waals surface area contributed by atoms with Crippen LogP contribution in [0.4, 0.5) is 0 Å². The second kappa shape index (κ2) is 7.24. The van der Waals surface area contributed by atoms with Crippen LogP contribution in [0.2, 0.25) is 0 Å². The van der Waals surface area contributed by atoms with Crippen LogP contribution in [0.5, 0.6) is 5.88 Å². The molecule has 0 bridgehead atoms. The Morgan fingerprint density at radius 3 is 2.96 bits per heavy atom. The first-order valence-electron chi connectivity index (χ1n) is 7.76. The van der Waals surface area contributed by atoms with Gasteiger partial charge in [-0.15, -0.1) is 0 Å². The zero-order chi connectivity index (χ0) is 16.1. The summed E-state index contributed by atoms with van der Waals surface area (Å²) in [5.41, 5.74) is 2.53. The highest BCUT2D eigenvalue weighted by atomic mass is 16.5. The number of pyridine rings is 1. The fraction of sp³-hybridized carbons (Fsp3) is 0.333. The Balaban J connectivity index is 1.69. The van der Waals surface area contributed by atoms with Crippen LogP contribution in [-0.4, -0.2) is 37.3 Å². The Labute approximate surface area is 135 Å². The molecule has 2 aromatic rings. The first-order chi connectivity index (χ1) is 11.3. The second-order valence-corrected chi connectivity index (χ2v) is 5.52. The van der Waals surface area contributed by atoms with Gasteiger partial charge in [-0.25, -0.2) is 4.98 Å². The average molecular weight is 312 g/mol. The summed E-state index contributed by atoms with van der Waals surface area (Å²) in [7, 11) is 1.58. The van der Waals surface area contributed by atoms with Crippen molar-refractivity contribution in [2.45, 2.75) is 18.9 Å². The second-order valence-electron chi connectivity index (χ2n) is 5.52. The van der Waals surface area contributed by atoms with Crippen LogP contribution in [0.25, 0.3) is 11.1 Å². The van der Waals surface area contributed by atoms with E-state index in [1.165, 1.54) is 0 Å². The van der Waals surface area contributed by atoms with Crippen molar-refractivity contribution >= 4 is 5.91 Å². The molecule has 1 aromatic heterocycles. The summed E-state index contributed by atoms with van der Waals surface area (Å²) in [6.07, 6.45) is 3.97. The number of methoxy groups -OCH3 is 1. The van der Waals surface area contributed by atoms with E-state index in [1.54, 1.807) is 19.4 Å². The monoisotopic (exact) mass is 312 g/mol. The topological polar surface area (TPSA) is 60.5 Å². The molecule has 0 aliphatic carbocycles. The molecule has 5 nitrogen and oxygen atoms in total. The maximum absolute atomic E-state index is 12.3. The van der Waals surface area contributed by atoms with Crippen LogP contribution in [0, 0.1) is 0 Å². The standard InChI is InChI=1S/C18H20N2O3/c1-22-17-8-7-15(11-19-17)13-4-2-5-14(10-13)18(21)20-12-16-6-3-9-23-16/h2,4-5,7-8,10-11,16H,3,6,9,12H2,1H3,(H,20,21). The number of nitrogens with zero attached hydrogens (tertiary/aromatic N) is 1. The lowest BCUT2D eigenvalue weighted by Gasteiger charge is -2.11. The maximum atomic E-state index is 12.3. The van der Waals surface area contributed by atoms with Crippen molar-refractivity contribution in [1.82, 2.24) is 10.3 Å². The van der Waals surface area contributed by atoms with Crippen LogP contribution >= 0.6 is 0 Å². The number of aromatic nitrogens is 1. The van der Waals surface area contributed by atoms with Gasteiger partial charge in [0.1, 0.15) is 0 Å². The number of hydrogen-bond acceptors (Lipinski definition) is 4. The van der Waals surface area contributed by atoms with E-state index in [1.807, 2.05) is 30.3 Å². The van der Waals surface area contributed by atoms with Crippen LogP contribution in [0.3, 0.4) is 0 Å². The van der Waals surface area contributed by atoms with E-state index in [2.05, 4.69) is 10.3 Å². The van der Waals surface area contributed by atoms with Gasteiger partial charge in [0, 0.05) is 36.5 Å². The highest BCUT2D eigenvalue weighted by molar-refractivity contribution is 5.95. The summed E-state index contributed by atoms with van der Waals surface area (Å²) in [6, 6.07) is 11.2. The molecule has 1 fully saturated rings. The van der Waals surface area contributed by atoms with Gasteiger partial charge in [0.15, 0.2) is 0 Å². The summed E-state index contributed by atoms with van der Waals surface area (Å²) < 4.78 is 10.6. The first kappa shape index (κ1) is 15.5. The molecule has 0 radical (unpaired) electrons. The number of carbonyl (C=O) groups excluding carboxylic acids is 1. The van der Waals surface area contributed by atoms with Gasteiger partial charge in [0.2, 0.25) is 5.88 Å². The third-order valence-electron chi connectivity index (χ3n) is 3.92. The number of benzene rings is 1. The van der Waals surface area contributed by atoms with Gasteiger partial charge in [0.05, 0.1) is 13.2 Å². The molecule has 1 atom stereocenters. The van der Waals surface area contributed by atoms with Crippen molar-refractivity contribution in [3.05, 3.63) is 48.2 Å².